The second-order valence-electron chi connectivity index (χ2n) is 8.49. The van der Waals surface area contributed by atoms with E-state index in [9.17, 15) is 5.11 Å². The third kappa shape index (κ3) is 5.45. The molecule has 1 aromatic carbocycles. The summed E-state index contributed by atoms with van der Waals surface area (Å²) in [6, 6.07) is 5.49. The highest BCUT2D eigenvalue weighted by Crippen LogP contribution is 2.35. The zero-order valence-electron chi connectivity index (χ0n) is 17.6. The summed E-state index contributed by atoms with van der Waals surface area (Å²) in [4.78, 5) is 13.9. The molecule has 0 amide bonds. The molecule has 168 valence electrons. The summed E-state index contributed by atoms with van der Waals surface area (Å²) in [6.45, 7) is 7.23. The lowest BCUT2D eigenvalue weighted by Gasteiger charge is -2.46. The van der Waals surface area contributed by atoms with Crippen molar-refractivity contribution in [3.63, 3.8) is 0 Å². The van der Waals surface area contributed by atoms with Crippen LogP contribution in [0.15, 0.2) is 28.9 Å². The van der Waals surface area contributed by atoms with Gasteiger partial charge in [0.05, 0.1) is 17.1 Å². The highest BCUT2D eigenvalue weighted by Gasteiger charge is 2.37. The van der Waals surface area contributed by atoms with E-state index in [1.165, 1.54) is 12.8 Å². The molecular formula is C22H28BrCl2N5O. The van der Waals surface area contributed by atoms with Gasteiger partial charge in [0.15, 0.2) is 0 Å². The monoisotopic (exact) mass is 527 g/mol. The van der Waals surface area contributed by atoms with E-state index in [-0.39, 0.29) is 12.6 Å². The van der Waals surface area contributed by atoms with Crippen molar-refractivity contribution in [1.82, 2.24) is 14.9 Å². The Hall–Kier alpha value is -1.12. The van der Waals surface area contributed by atoms with Gasteiger partial charge in [-0.05, 0) is 71.8 Å². The van der Waals surface area contributed by atoms with Crippen LogP contribution in [0.5, 0.6) is 0 Å². The van der Waals surface area contributed by atoms with E-state index in [1.807, 2.05) is 19.1 Å². The standard InChI is InChI=1S/C22H28BrCl2N5O/c1-14(18-5-4-17(24)9-20(18)25)27-21-19(23)10-26-22(28-21)30-12-16(13-30)15-3-2-6-29(11-15)7-8-31/h4-5,9-10,14-16,31H,2-3,6-8,11-13H2,1H3,(H,26,27,28). The van der Waals surface area contributed by atoms with E-state index >= 15 is 0 Å². The van der Waals surface area contributed by atoms with Gasteiger partial charge >= 0.3 is 0 Å². The van der Waals surface area contributed by atoms with Crippen molar-refractivity contribution >= 4 is 50.9 Å². The molecule has 2 aromatic rings. The molecule has 2 aliphatic heterocycles. The van der Waals surface area contributed by atoms with Gasteiger partial charge in [-0.15, -0.1) is 0 Å². The molecular weight excluding hydrogens is 501 g/mol. The van der Waals surface area contributed by atoms with Gasteiger partial charge in [-0.25, -0.2) is 4.98 Å². The number of benzene rings is 1. The molecule has 2 atom stereocenters. The summed E-state index contributed by atoms with van der Waals surface area (Å²) >= 11 is 16.0. The highest BCUT2D eigenvalue weighted by atomic mass is 79.9. The van der Waals surface area contributed by atoms with Crippen LogP contribution in [0.3, 0.4) is 0 Å². The van der Waals surface area contributed by atoms with Crippen molar-refractivity contribution in [2.45, 2.75) is 25.8 Å². The fraction of sp³-hybridized carbons (Fsp3) is 0.545. The topological polar surface area (TPSA) is 64.5 Å². The summed E-state index contributed by atoms with van der Waals surface area (Å²) in [5.74, 6) is 2.85. The lowest BCUT2D eigenvalue weighted by atomic mass is 9.81. The molecule has 2 saturated heterocycles. The van der Waals surface area contributed by atoms with E-state index in [1.54, 1.807) is 12.3 Å². The van der Waals surface area contributed by atoms with Crippen LogP contribution in [-0.2, 0) is 0 Å². The van der Waals surface area contributed by atoms with Gasteiger partial charge in [0, 0.05) is 42.4 Å². The molecule has 0 spiro atoms. The van der Waals surface area contributed by atoms with Crippen LogP contribution in [-0.4, -0.2) is 59.3 Å². The van der Waals surface area contributed by atoms with Crippen LogP contribution in [0.1, 0.15) is 31.4 Å². The summed E-state index contributed by atoms with van der Waals surface area (Å²) in [5, 5.41) is 13.9. The fourth-order valence-electron chi connectivity index (χ4n) is 4.54. The molecule has 2 fully saturated rings. The third-order valence-corrected chi connectivity index (χ3v) is 7.47. The summed E-state index contributed by atoms with van der Waals surface area (Å²) in [7, 11) is 0. The van der Waals surface area contributed by atoms with E-state index in [2.05, 4.69) is 36.0 Å². The van der Waals surface area contributed by atoms with Gasteiger partial charge in [-0.2, -0.15) is 4.98 Å². The first-order chi connectivity index (χ1) is 14.9. The van der Waals surface area contributed by atoms with Crippen LogP contribution in [0.25, 0.3) is 0 Å². The summed E-state index contributed by atoms with van der Waals surface area (Å²) < 4.78 is 0.817. The first-order valence-corrected chi connectivity index (χ1v) is 12.3. The minimum atomic E-state index is -0.0345. The fourth-order valence-corrected chi connectivity index (χ4v) is 5.42. The average Bonchev–Trinajstić information content (AvgIpc) is 2.70. The second-order valence-corrected chi connectivity index (χ2v) is 10.2. The number of hydrogen-bond acceptors (Lipinski definition) is 6. The SMILES string of the molecule is CC(Nc1nc(N2CC(C3CCCN(CCO)C3)C2)ncc1Br)c1ccc(Cl)cc1Cl. The largest absolute Gasteiger partial charge is 0.395 e. The van der Waals surface area contributed by atoms with Gasteiger partial charge in [-0.1, -0.05) is 29.3 Å². The molecule has 2 N–H and O–H groups in total. The zero-order valence-corrected chi connectivity index (χ0v) is 20.7. The number of aromatic nitrogens is 2. The molecule has 31 heavy (non-hydrogen) atoms. The number of piperidine rings is 1. The molecule has 9 heteroatoms. The van der Waals surface area contributed by atoms with Crippen LogP contribution in [0, 0.1) is 11.8 Å². The van der Waals surface area contributed by atoms with Gasteiger partial charge in [-0.3, -0.25) is 0 Å². The molecule has 6 nitrogen and oxygen atoms in total. The Balaban J connectivity index is 1.38. The first kappa shape index (κ1) is 23.1. The summed E-state index contributed by atoms with van der Waals surface area (Å²) in [6.07, 6.45) is 4.29. The third-order valence-electron chi connectivity index (χ3n) is 6.33. The summed E-state index contributed by atoms with van der Waals surface area (Å²) in [5.41, 5.74) is 0.965. The predicted molar refractivity (Wildman–Crippen MR) is 130 cm³/mol. The Labute approximate surface area is 202 Å². The second kappa shape index (κ2) is 10.2. The van der Waals surface area contributed by atoms with Crippen molar-refractivity contribution < 1.29 is 5.11 Å². The van der Waals surface area contributed by atoms with E-state index in [4.69, 9.17) is 28.2 Å². The molecule has 0 saturated carbocycles. The Morgan fingerprint density at radius 1 is 1.26 bits per heavy atom. The van der Waals surface area contributed by atoms with Crippen molar-refractivity contribution in [1.29, 1.82) is 0 Å². The number of nitrogens with one attached hydrogen (secondary N) is 1. The van der Waals surface area contributed by atoms with E-state index in [0.29, 0.717) is 21.9 Å². The number of aliphatic hydroxyl groups excluding tert-OH is 1. The molecule has 0 radical (unpaired) electrons. The highest BCUT2D eigenvalue weighted by molar-refractivity contribution is 9.10. The number of hydrogen-bond donors (Lipinski definition) is 2. The maximum absolute atomic E-state index is 9.23. The van der Waals surface area contributed by atoms with Crippen LogP contribution < -0.4 is 10.2 Å². The van der Waals surface area contributed by atoms with Gasteiger partial charge in [0.25, 0.3) is 0 Å². The van der Waals surface area contributed by atoms with Crippen LogP contribution in [0.4, 0.5) is 11.8 Å². The number of β-amino-alcohol motifs (C(OH)–C–C–N with tert-alkyl or cyclic N) is 1. The van der Waals surface area contributed by atoms with Crippen molar-refractivity contribution in [3.05, 3.63) is 44.5 Å². The van der Waals surface area contributed by atoms with Gasteiger partial charge in [0.2, 0.25) is 5.95 Å². The Morgan fingerprint density at radius 2 is 2.06 bits per heavy atom. The Bertz CT molecular complexity index is 909. The van der Waals surface area contributed by atoms with E-state index < -0.39 is 0 Å². The number of halogens is 3. The molecule has 0 bridgehead atoms. The molecule has 0 aliphatic carbocycles. The first-order valence-electron chi connectivity index (χ1n) is 10.8. The van der Waals surface area contributed by atoms with Crippen LogP contribution in [0.2, 0.25) is 10.0 Å². The molecule has 2 unspecified atom stereocenters. The quantitative estimate of drug-likeness (QED) is 0.535. The molecule has 3 heterocycles. The van der Waals surface area contributed by atoms with E-state index in [0.717, 1.165) is 54.5 Å². The average molecular weight is 529 g/mol. The number of aliphatic hydroxyl groups is 1. The Morgan fingerprint density at radius 3 is 2.81 bits per heavy atom. The lowest BCUT2D eigenvalue weighted by molar-refractivity contribution is 0.101. The normalized spacial score (nSPS) is 21.1. The molecule has 4 rings (SSSR count). The number of nitrogens with zero attached hydrogens (tertiary/aromatic N) is 4. The Kier molecular flexibility index (Phi) is 7.60. The number of anilines is 2. The smallest absolute Gasteiger partial charge is 0.227 e. The van der Waals surface area contributed by atoms with Crippen molar-refractivity contribution in [3.8, 4) is 0 Å². The number of likely N-dealkylation sites (tertiary alicyclic amines) is 1. The molecule has 1 aromatic heterocycles. The predicted octanol–water partition coefficient (Wildman–Crippen LogP) is 4.86. The molecule has 2 aliphatic rings. The minimum absolute atomic E-state index is 0.0345. The van der Waals surface area contributed by atoms with Crippen molar-refractivity contribution in [2.24, 2.45) is 11.8 Å². The maximum atomic E-state index is 9.23. The minimum Gasteiger partial charge on any atom is -0.395 e. The van der Waals surface area contributed by atoms with Gasteiger partial charge < -0.3 is 20.2 Å². The van der Waals surface area contributed by atoms with Gasteiger partial charge in [0.1, 0.15) is 5.82 Å². The lowest BCUT2D eigenvalue weighted by Crippen LogP contribution is -2.54. The maximum Gasteiger partial charge on any atom is 0.227 e. The van der Waals surface area contributed by atoms with Crippen molar-refractivity contribution in [2.75, 3.05) is 49.5 Å². The number of rotatable bonds is 7. The van der Waals surface area contributed by atoms with Crippen LogP contribution >= 0.6 is 39.1 Å². The zero-order chi connectivity index (χ0) is 22.0.